The van der Waals surface area contributed by atoms with Crippen molar-refractivity contribution in [3.8, 4) is 0 Å². The van der Waals surface area contributed by atoms with Crippen molar-refractivity contribution in [2.45, 2.75) is 57.3 Å². The maximum absolute atomic E-state index is 11.3. The monoisotopic (exact) mass is 360 g/mol. The molecule has 0 bridgehead atoms. The Morgan fingerprint density at radius 3 is 2.74 bits per heavy atom. The van der Waals surface area contributed by atoms with Crippen molar-refractivity contribution in [1.82, 2.24) is 9.97 Å². The van der Waals surface area contributed by atoms with Gasteiger partial charge in [0.05, 0.1) is 0 Å². The van der Waals surface area contributed by atoms with Crippen molar-refractivity contribution >= 4 is 16.9 Å². The van der Waals surface area contributed by atoms with Crippen molar-refractivity contribution in [2.75, 3.05) is 0 Å². The smallest absolute Gasteiger partial charge is 0.354 e. The maximum atomic E-state index is 11.3. The number of nitrogens with zero attached hydrogens (tertiary/aromatic N) is 1. The van der Waals surface area contributed by atoms with Crippen molar-refractivity contribution < 1.29 is 9.90 Å². The quantitative estimate of drug-likeness (QED) is 0.666. The van der Waals surface area contributed by atoms with Crippen LogP contribution in [0.25, 0.3) is 10.9 Å². The Balaban J connectivity index is 1.64. The van der Waals surface area contributed by atoms with E-state index in [1.807, 2.05) is 6.07 Å². The third-order valence-electron chi connectivity index (χ3n) is 6.30. The molecule has 2 saturated carbocycles. The average Bonchev–Trinajstić information content (AvgIpc) is 3.56. The second-order valence-corrected chi connectivity index (χ2v) is 8.56. The molecule has 2 fully saturated rings. The third-order valence-corrected chi connectivity index (χ3v) is 6.30. The molecule has 0 saturated heterocycles. The van der Waals surface area contributed by atoms with Crippen LogP contribution in [0, 0.1) is 6.92 Å². The minimum Gasteiger partial charge on any atom is -0.477 e. The molecular formula is C23H24N2O2. The van der Waals surface area contributed by atoms with Crippen LogP contribution >= 0.6 is 0 Å². The van der Waals surface area contributed by atoms with E-state index >= 15 is 0 Å². The van der Waals surface area contributed by atoms with Crippen LogP contribution in [0.5, 0.6) is 0 Å². The fraction of sp³-hybridized carbons (Fsp3) is 0.391. The molecule has 0 unspecified atom stereocenters. The van der Waals surface area contributed by atoms with E-state index in [0.29, 0.717) is 6.42 Å². The number of aryl methyl sites for hydroxylation is 1. The minimum atomic E-state index is -0.977. The van der Waals surface area contributed by atoms with Gasteiger partial charge in [-0.3, -0.25) is 0 Å². The summed E-state index contributed by atoms with van der Waals surface area (Å²) >= 11 is 0. The van der Waals surface area contributed by atoms with E-state index in [-0.39, 0.29) is 11.1 Å². The van der Waals surface area contributed by atoms with Crippen molar-refractivity contribution in [3.05, 3.63) is 64.1 Å². The fourth-order valence-electron chi connectivity index (χ4n) is 4.27. The van der Waals surface area contributed by atoms with Gasteiger partial charge in [-0.05, 0) is 79.5 Å². The second-order valence-electron chi connectivity index (χ2n) is 8.56. The highest BCUT2D eigenvalue weighted by Gasteiger charge is 2.42. The van der Waals surface area contributed by atoms with Gasteiger partial charge in [0.1, 0.15) is 5.69 Å². The zero-order chi connectivity index (χ0) is 18.8. The molecule has 4 nitrogen and oxygen atoms in total. The van der Waals surface area contributed by atoms with E-state index in [9.17, 15) is 9.90 Å². The van der Waals surface area contributed by atoms with Crippen LogP contribution in [0.1, 0.15) is 77.1 Å². The summed E-state index contributed by atoms with van der Waals surface area (Å²) in [6.07, 6.45) is 5.66. The molecule has 2 heterocycles. The predicted octanol–water partition coefficient (Wildman–Crippen LogP) is 5.09. The van der Waals surface area contributed by atoms with Gasteiger partial charge in [-0.2, -0.15) is 0 Å². The van der Waals surface area contributed by atoms with Crippen molar-refractivity contribution in [3.63, 3.8) is 0 Å². The van der Waals surface area contributed by atoms with Gasteiger partial charge in [0, 0.05) is 34.1 Å². The number of fused-ring (bicyclic) bond motifs is 1. The van der Waals surface area contributed by atoms with Gasteiger partial charge in [-0.1, -0.05) is 13.0 Å². The minimum absolute atomic E-state index is 0.110. The van der Waals surface area contributed by atoms with Crippen LogP contribution in [-0.4, -0.2) is 21.0 Å². The van der Waals surface area contributed by atoms with Crippen LogP contribution in [0.15, 0.2) is 30.3 Å². The number of nitrogens with one attached hydrogen (secondary N) is 1. The van der Waals surface area contributed by atoms with E-state index in [4.69, 9.17) is 0 Å². The van der Waals surface area contributed by atoms with Gasteiger partial charge < -0.3 is 10.1 Å². The standard InChI is InChI=1S/C23H24N2O2/c1-13-10-17-18(11-15-4-3-5-19(24-15)22(26)27)21(23(2)8-9-23)25-20(17)12-16(13)14-6-7-14/h3-5,10,12,14,25H,6-9,11H2,1-2H3,(H,26,27). The summed E-state index contributed by atoms with van der Waals surface area (Å²) in [6, 6.07) is 9.94. The second kappa shape index (κ2) is 5.69. The molecule has 3 aromatic rings. The average molecular weight is 360 g/mol. The number of H-pyrrole nitrogens is 1. The Morgan fingerprint density at radius 2 is 2.07 bits per heavy atom. The van der Waals surface area contributed by atoms with E-state index in [2.05, 4.69) is 35.9 Å². The van der Waals surface area contributed by atoms with E-state index in [1.165, 1.54) is 59.0 Å². The Kier molecular flexibility index (Phi) is 3.48. The zero-order valence-corrected chi connectivity index (χ0v) is 15.8. The molecule has 4 heteroatoms. The van der Waals surface area contributed by atoms with Crippen LogP contribution < -0.4 is 0 Å². The topological polar surface area (TPSA) is 66.0 Å². The van der Waals surface area contributed by atoms with Gasteiger partial charge in [-0.15, -0.1) is 0 Å². The van der Waals surface area contributed by atoms with Gasteiger partial charge in [-0.25, -0.2) is 9.78 Å². The lowest BCUT2D eigenvalue weighted by Crippen LogP contribution is -2.07. The van der Waals surface area contributed by atoms with Crippen LogP contribution in [0.3, 0.4) is 0 Å². The van der Waals surface area contributed by atoms with Gasteiger partial charge in [0.25, 0.3) is 0 Å². The highest BCUT2D eigenvalue weighted by atomic mass is 16.4. The van der Waals surface area contributed by atoms with E-state index < -0.39 is 5.97 Å². The summed E-state index contributed by atoms with van der Waals surface area (Å²) in [4.78, 5) is 19.4. The largest absolute Gasteiger partial charge is 0.477 e. The number of pyridine rings is 1. The molecule has 1 aromatic carbocycles. The summed E-state index contributed by atoms with van der Waals surface area (Å²) in [7, 11) is 0. The molecule has 27 heavy (non-hydrogen) atoms. The molecule has 0 atom stereocenters. The number of rotatable bonds is 5. The van der Waals surface area contributed by atoms with Gasteiger partial charge in [0.15, 0.2) is 0 Å². The van der Waals surface area contributed by atoms with E-state index in [1.54, 1.807) is 12.1 Å². The number of aromatic amines is 1. The molecule has 5 rings (SSSR count). The third kappa shape index (κ3) is 2.84. The Hall–Kier alpha value is -2.62. The Labute approximate surface area is 158 Å². The molecule has 2 aliphatic carbocycles. The number of carboxylic acid groups (broad SMARTS) is 1. The first kappa shape index (κ1) is 16.5. The predicted molar refractivity (Wildman–Crippen MR) is 106 cm³/mol. The number of carboxylic acids is 1. The maximum Gasteiger partial charge on any atom is 0.354 e. The summed E-state index contributed by atoms with van der Waals surface area (Å²) in [6.45, 7) is 4.53. The lowest BCUT2D eigenvalue weighted by atomic mass is 9.94. The fourth-order valence-corrected chi connectivity index (χ4v) is 4.27. The number of aromatic carboxylic acids is 1. The molecule has 2 aliphatic rings. The summed E-state index contributed by atoms with van der Waals surface area (Å²) < 4.78 is 0. The molecule has 2 N–H and O–H groups in total. The number of hydrogen-bond donors (Lipinski definition) is 2. The van der Waals surface area contributed by atoms with Crippen molar-refractivity contribution in [2.24, 2.45) is 0 Å². The molecule has 2 aromatic heterocycles. The lowest BCUT2D eigenvalue weighted by molar-refractivity contribution is 0.0690. The molecule has 0 aliphatic heterocycles. The number of aromatic nitrogens is 2. The lowest BCUT2D eigenvalue weighted by Gasteiger charge is -2.11. The SMILES string of the molecule is Cc1cc2c(Cc3cccc(C(=O)O)n3)c(C3(C)CC3)[nH]c2cc1C1CC1. The highest BCUT2D eigenvalue weighted by molar-refractivity contribution is 5.88. The highest BCUT2D eigenvalue weighted by Crippen LogP contribution is 2.51. The summed E-state index contributed by atoms with van der Waals surface area (Å²) in [5.74, 6) is -0.245. The molecule has 0 spiro atoms. The van der Waals surface area contributed by atoms with Crippen LogP contribution in [0.4, 0.5) is 0 Å². The summed E-state index contributed by atoms with van der Waals surface area (Å²) in [5.41, 5.74) is 7.79. The number of benzene rings is 1. The first-order valence-electron chi connectivity index (χ1n) is 9.79. The normalized spacial score (nSPS) is 18.0. The van der Waals surface area contributed by atoms with Crippen LogP contribution in [0.2, 0.25) is 0 Å². The van der Waals surface area contributed by atoms with E-state index in [0.717, 1.165) is 11.6 Å². The Morgan fingerprint density at radius 1 is 1.30 bits per heavy atom. The first-order valence-corrected chi connectivity index (χ1v) is 9.79. The summed E-state index contributed by atoms with van der Waals surface area (Å²) in [5, 5.41) is 10.5. The van der Waals surface area contributed by atoms with Crippen LogP contribution in [-0.2, 0) is 11.8 Å². The molecular weight excluding hydrogens is 336 g/mol. The van der Waals surface area contributed by atoms with Gasteiger partial charge >= 0.3 is 5.97 Å². The molecule has 0 amide bonds. The zero-order valence-electron chi connectivity index (χ0n) is 15.8. The van der Waals surface area contributed by atoms with Gasteiger partial charge in [0.2, 0.25) is 0 Å². The molecule has 0 radical (unpaired) electrons. The first-order chi connectivity index (χ1) is 12.9. The van der Waals surface area contributed by atoms with Crippen molar-refractivity contribution in [1.29, 1.82) is 0 Å². The number of hydrogen-bond acceptors (Lipinski definition) is 2. The molecule has 138 valence electrons. The number of carbonyl (C=O) groups is 1. The Bertz CT molecular complexity index is 1070.